The van der Waals surface area contributed by atoms with Gasteiger partial charge in [0.2, 0.25) is 5.75 Å². The van der Waals surface area contributed by atoms with Crippen LogP contribution in [-0.2, 0) is 17.5 Å². The summed E-state index contributed by atoms with van der Waals surface area (Å²) in [6.07, 6.45) is 48.7. The molecule has 2 aromatic rings. The molecule has 0 radical (unpaired) electrons. The SMILES string of the molecule is CCCCCCCCCCCCOc1cc(Cn2cc(CCCCCCCCCP(=O)(O)O)nn2)cc(OCCCCCCCCCCCC)c1OCCCCCCCCCCCC. The molecular weight excluding hydrogens is 818 g/mol. The summed E-state index contributed by atoms with van der Waals surface area (Å²) in [5.41, 5.74) is 2.09. The zero-order valence-electron chi connectivity index (χ0n) is 42.0. The summed E-state index contributed by atoms with van der Waals surface area (Å²) in [6, 6.07) is 4.30. The lowest BCUT2D eigenvalue weighted by atomic mass is 10.1. The minimum Gasteiger partial charge on any atom is -0.490 e. The van der Waals surface area contributed by atoms with Gasteiger partial charge in [-0.15, -0.1) is 5.10 Å². The molecule has 0 bridgehead atoms. The third-order valence-electron chi connectivity index (χ3n) is 12.6. The highest BCUT2D eigenvalue weighted by Crippen LogP contribution is 2.40. The smallest absolute Gasteiger partial charge is 0.325 e. The molecule has 1 heterocycles. The van der Waals surface area contributed by atoms with Crippen molar-refractivity contribution in [2.24, 2.45) is 0 Å². The van der Waals surface area contributed by atoms with E-state index in [1.807, 2.05) is 4.68 Å². The molecule has 0 aliphatic carbocycles. The first kappa shape index (κ1) is 58.0. The molecule has 10 heteroatoms. The number of aromatic nitrogens is 3. The van der Waals surface area contributed by atoms with E-state index in [0.717, 1.165) is 92.7 Å². The lowest BCUT2D eigenvalue weighted by Gasteiger charge is -2.19. The fraction of sp³-hybridized carbons (Fsp3) is 0.852. The Kier molecular flexibility index (Phi) is 37.3. The van der Waals surface area contributed by atoms with Crippen molar-refractivity contribution < 1.29 is 28.6 Å². The van der Waals surface area contributed by atoms with E-state index in [2.05, 4.69) is 49.4 Å². The number of hydrogen-bond acceptors (Lipinski definition) is 6. The molecule has 0 amide bonds. The number of unbranched alkanes of at least 4 members (excludes halogenated alkanes) is 33. The van der Waals surface area contributed by atoms with Crippen LogP contribution in [0.1, 0.15) is 270 Å². The quantitative estimate of drug-likeness (QED) is 0.0498. The van der Waals surface area contributed by atoms with Gasteiger partial charge in [0.1, 0.15) is 0 Å². The van der Waals surface area contributed by atoms with Crippen molar-refractivity contribution in [2.75, 3.05) is 26.0 Å². The second-order valence-corrected chi connectivity index (χ2v) is 20.8. The molecular formula is C54H100N3O6P. The van der Waals surface area contributed by atoms with E-state index in [-0.39, 0.29) is 6.16 Å². The maximum absolute atomic E-state index is 11.1. The molecule has 0 saturated carbocycles. The number of nitrogens with zero attached hydrogens (tertiary/aromatic N) is 3. The van der Waals surface area contributed by atoms with Crippen molar-refractivity contribution in [1.29, 1.82) is 0 Å². The van der Waals surface area contributed by atoms with Crippen LogP contribution < -0.4 is 14.2 Å². The topological polar surface area (TPSA) is 116 Å². The first-order chi connectivity index (χ1) is 31.4. The van der Waals surface area contributed by atoms with Crippen molar-refractivity contribution in [3.05, 3.63) is 29.6 Å². The van der Waals surface area contributed by atoms with Gasteiger partial charge in [-0.05, 0) is 56.2 Å². The first-order valence-electron chi connectivity index (χ1n) is 27.3. The summed E-state index contributed by atoms with van der Waals surface area (Å²) in [4.78, 5) is 18.1. The summed E-state index contributed by atoms with van der Waals surface area (Å²) in [5, 5.41) is 9.05. The van der Waals surface area contributed by atoms with Crippen molar-refractivity contribution in [2.45, 2.75) is 271 Å². The molecule has 2 rings (SSSR count). The molecule has 9 nitrogen and oxygen atoms in total. The van der Waals surface area contributed by atoms with Crippen LogP contribution in [-0.4, -0.2) is 50.8 Å². The third kappa shape index (κ3) is 33.4. The van der Waals surface area contributed by atoms with Crippen molar-refractivity contribution in [3.8, 4) is 17.2 Å². The predicted molar refractivity (Wildman–Crippen MR) is 271 cm³/mol. The number of aryl methyl sites for hydroxylation is 1. The highest BCUT2D eigenvalue weighted by Gasteiger charge is 2.17. The molecule has 0 unspecified atom stereocenters. The number of ether oxygens (including phenoxy) is 3. The van der Waals surface area contributed by atoms with Gasteiger partial charge in [-0.25, -0.2) is 4.68 Å². The van der Waals surface area contributed by atoms with E-state index in [1.54, 1.807) is 0 Å². The Morgan fingerprint density at radius 1 is 0.469 bits per heavy atom. The molecule has 0 aliphatic heterocycles. The van der Waals surface area contributed by atoms with Gasteiger partial charge in [0.05, 0.1) is 32.1 Å². The molecule has 1 aromatic heterocycles. The monoisotopic (exact) mass is 918 g/mol. The molecule has 0 atom stereocenters. The molecule has 2 N–H and O–H groups in total. The van der Waals surface area contributed by atoms with Crippen molar-refractivity contribution in [1.82, 2.24) is 15.0 Å². The number of benzene rings is 1. The van der Waals surface area contributed by atoms with E-state index in [1.165, 1.54) is 173 Å². The van der Waals surface area contributed by atoms with Gasteiger partial charge in [-0.3, -0.25) is 4.57 Å². The largest absolute Gasteiger partial charge is 0.490 e. The van der Waals surface area contributed by atoms with Gasteiger partial charge in [0, 0.05) is 12.4 Å². The fourth-order valence-corrected chi connectivity index (χ4v) is 9.25. The summed E-state index contributed by atoms with van der Waals surface area (Å²) in [5.74, 6) is 2.35. The van der Waals surface area contributed by atoms with Crippen LogP contribution in [0.5, 0.6) is 17.2 Å². The zero-order chi connectivity index (χ0) is 46.0. The maximum Gasteiger partial charge on any atom is 0.325 e. The average Bonchev–Trinajstić information content (AvgIpc) is 3.72. The van der Waals surface area contributed by atoms with Crippen LogP contribution >= 0.6 is 7.60 Å². The average molecular weight is 918 g/mol. The van der Waals surface area contributed by atoms with Gasteiger partial charge >= 0.3 is 7.60 Å². The zero-order valence-corrected chi connectivity index (χ0v) is 42.8. The Hall–Kier alpha value is -2.09. The van der Waals surface area contributed by atoms with Crippen LogP contribution in [0, 0.1) is 0 Å². The summed E-state index contributed by atoms with van der Waals surface area (Å²) in [6.45, 7) is 9.46. The van der Waals surface area contributed by atoms with E-state index in [4.69, 9.17) is 24.0 Å². The van der Waals surface area contributed by atoms with E-state index in [9.17, 15) is 4.57 Å². The van der Waals surface area contributed by atoms with E-state index in [0.29, 0.717) is 32.8 Å². The minimum atomic E-state index is -3.87. The van der Waals surface area contributed by atoms with Crippen LogP contribution in [0.2, 0.25) is 0 Å². The lowest BCUT2D eigenvalue weighted by Crippen LogP contribution is -2.08. The normalized spacial score (nSPS) is 11.8. The second-order valence-electron chi connectivity index (χ2n) is 19.0. The Morgan fingerprint density at radius 3 is 1.20 bits per heavy atom. The standard InChI is InChI=1S/C54H100N3O6P/c1-4-7-10-13-16-19-22-27-32-37-42-61-52-46-50(48-57-49-51(55-56-57)41-36-31-26-25-30-35-40-45-64(58,59)60)47-53(62-43-38-33-28-23-20-17-14-11-8-5-2)54(52)63-44-39-34-29-24-21-18-15-12-9-6-3/h46-47,49H,4-45,48H2,1-3H3,(H2,58,59,60). The highest BCUT2D eigenvalue weighted by atomic mass is 31.2. The maximum atomic E-state index is 11.1. The van der Waals surface area contributed by atoms with Crippen LogP contribution in [0.15, 0.2) is 18.3 Å². The number of hydrogen-bond donors (Lipinski definition) is 2. The summed E-state index contributed by atoms with van der Waals surface area (Å²) < 4.78 is 32.9. The Balaban J connectivity index is 2.04. The van der Waals surface area contributed by atoms with Crippen molar-refractivity contribution in [3.63, 3.8) is 0 Å². The van der Waals surface area contributed by atoms with Crippen LogP contribution in [0.3, 0.4) is 0 Å². The Morgan fingerprint density at radius 2 is 0.812 bits per heavy atom. The van der Waals surface area contributed by atoms with Crippen LogP contribution in [0.4, 0.5) is 0 Å². The Labute approximate surface area is 393 Å². The first-order valence-corrected chi connectivity index (χ1v) is 29.1. The molecule has 64 heavy (non-hydrogen) atoms. The van der Waals surface area contributed by atoms with Gasteiger partial charge in [-0.1, -0.05) is 231 Å². The van der Waals surface area contributed by atoms with Crippen molar-refractivity contribution >= 4 is 7.60 Å². The number of rotatable bonds is 48. The van der Waals surface area contributed by atoms with Crippen LogP contribution in [0.25, 0.3) is 0 Å². The van der Waals surface area contributed by atoms with Gasteiger partial charge in [0.25, 0.3) is 0 Å². The van der Waals surface area contributed by atoms with Gasteiger partial charge < -0.3 is 24.0 Å². The minimum absolute atomic E-state index is 0.00148. The molecule has 372 valence electrons. The third-order valence-corrected chi connectivity index (χ3v) is 13.5. The summed E-state index contributed by atoms with van der Waals surface area (Å²) >= 11 is 0. The highest BCUT2D eigenvalue weighted by molar-refractivity contribution is 7.51. The molecule has 0 fully saturated rings. The molecule has 1 aromatic carbocycles. The Bertz CT molecular complexity index is 1340. The predicted octanol–water partition coefficient (Wildman–Crippen LogP) is 16.7. The van der Waals surface area contributed by atoms with E-state index < -0.39 is 7.60 Å². The second kappa shape index (κ2) is 41.1. The van der Waals surface area contributed by atoms with E-state index >= 15 is 0 Å². The lowest BCUT2D eigenvalue weighted by molar-refractivity contribution is 0.233. The van der Waals surface area contributed by atoms with Gasteiger partial charge in [0.15, 0.2) is 11.5 Å². The summed E-state index contributed by atoms with van der Waals surface area (Å²) in [7, 11) is -3.87. The molecule has 0 spiro atoms. The molecule has 0 aliphatic rings. The van der Waals surface area contributed by atoms with Gasteiger partial charge in [-0.2, -0.15) is 0 Å². The molecule has 0 saturated heterocycles. The fourth-order valence-electron chi connectivity index (χ4n) is 8.61.